The van der Waals surface area contributed by atoms with E-state index in [2.05, 4.69) is 21.2 Å². The molecule has 3 rings (SSSR count). The SMILES string of the molecule is O=C(CS(=O)(=O)Cc1cccc(Br)c1)N[C@H]1COc2ccccc21. The number of rotatable bonds is 5. The number of fused-ring (bicyclic) bond motifs is 1. The van der Waals surface area contributed by atoms with Gasteiger partial charge in [-0.2, -0.15) is 0 Å². The van der Waals surface area contributed by atoms with Crippen LogP contribution in [-0.2, 0) is 20.4 Å². The Bertz CT molecular complexity index is 866. The van der Waals surface area contributed by atoms with Gasteiger partial charge < -0.3 is 10.1 Å². The van der Waals surface area contributed by atoms with Crippen molar-refractivity contribution in [2.24, 2.45) is 0 Å². The van der Waals surface area contributed by atoms with E-state index in [1.54, 1.807) is 18.2 Å². The first kappa shape index (κ1) is 17.0. The molecule has 1 aliphatic heterocycles. The molecule has 1 N–H and O–H groups in total. The molecule has 1 aliphatic rings. The first-order chi connectivity index (χ1) is 11.4. The second kappa shape index (κ2) is 6.94. The van der Waals surface area contributed by atoms with Gasteiger partial charge in [-0.15, -0.1) is 0 Å². The number of hydrogen-bond acceptors (Lipinski definition) is 4. The fourth-order valence-electron chi connectivity index (χ4n) is 2.65. The fourth-order valence-corrected chi connectivity index (χ4v) is 4.37. The van der Waals surface area contributed by atoms with Crippen LogP contribution in [0.4, 0.5) is 0 Å². The Morgan fingerprint density at radius 2 is 2.00 bits per heavy atom. The Balaban J connectivity index is 1.62. The maximum Gasteiger partial charge on any atom is 0.235 e. The standard InChI is InChI=1S/C17H16BrNO4S/c18-13-5-3-4-12(8-13)10-24(21,22)11-17(20)19-15-9-23-16-7-2-1-6-14(15)16/h1-8,15H,9-11H2,(H,19,20)/t15-/m0/s1. The summed E-state index contributed by atoms with van der Waals surface area (Å²) < 4.78 is 30.8. The second-order valence-corrected chi connectivity index (χ2v) is 8.61. The monoisotopic (exact) mass is 409 g/mol. The molecule has 5 nitrogen and oxygen atoms in total. The summed E-state index contributed by atoms with van der Waals surface area (Å²) in [6, 6.07) is 14.1. The Hall–Kier alpha value is -1.86. The van der Waals surface area contributed by atoms with E-state index >= 15 is 0 Å². The number of para-hydroxylation sites is 1. The first-order valence-electron chi connectivity index (χ1n) is 7.39. The summed E-state index contributed by atoms with van der Waals surface area (Å²) >= 11 is 3.31. The molecule has 0 aliphatic carbocycles. The van der Waals surface area contributed by atoms with Crippen molar-refractivity contribution >= 4 is 31.7 Å². The molecule has 126 valence electrons. The third kappa shape index (κ3) is 4.15. The lowest BCUT2D eigenvalue weighted by molar-refractivity contribution is -0.119. The highest BCUT2D eigenvalue weighted by atomic mass is 79.9. The molecule has 1 amide bonds. The highest BCUT2D eigenvalue weighted by Crippen LogP contribution is 2.31. The van der Waals surface area contributed by atoms with E-state index in [9.17, 15) is 13.2 Å². The van der Waals surface area contributed by atoms with Crippen LogP contribution in [0, 0.1) is 0 Å². The maximum absolute atomic E-state index is 12.2. The summed E-state index contributed by atoms with van der Waals surface area (Å²) in [7, 11) is -3.54. The third-order valence-corrected chi connectivity index (χ3v) is 5.63. The lowest BCUT2D eigenvalue weighted by Gasteiger charge is -2.12. The Labute approximate surface area is 149 Å². The molecule has 0 bridgehead atoms. The zero-order valence-electron chi connectivity index (χ0n) is 12.7. The summed E-state index contributed by atoms with van der Waals surface area (Å²) in [5.41, 5.74) is 1.52. The van der Waals surface area contributed by atoms with Crippen LogP contribution in [0.3, 0.4) is 0 Å². The van der Waals surface area contributed by atoms with E-state index in [-0.39, 0.29) is 11.8 Å². The Kier molecular flexibility index (Phi) is 4.91. The van der Waals surface area contributed by atoms with Gasteiger partial charge in [0.25, 0.3) is 0 Å². The molecule has 0 spiro atoms. The largest absolute Gasteiger partial charge is 0.491 e. The van der Waals surface area contributed by atoms with Gasteiger partial charge in [-0.25, -0.2) is 8.42 Å². The highest BCUT2D eigenvalue weighted by Gasteiger charge is 2.27. The van der Waals surface area contributed by atoms with Gasteiger partial charge in [0, 0.05) is 10.0 Å². The second-order valence-electron chi connectivity index (χ2n) is 5.63. The lowest BCUT2D eigenvalue weighted by atomic mass is 10.1. The molecule has 1 heterocycles. The third-order valence-electron chi connectivity index (χ3n) is 3.66. The molecule has 1 atom stereocenters. The van der Waals surface area contributed by atoms with Gasteiger partial charge in [0.05, 0.1) is 11.8 Å². The van der Waals surface area contributed by atoms with E-state index in [4.69, 9.17) is 4.74 Å². The summed E-state index contributed by atoms with van der Waals surface area (Å²) in [6.07, 6.45) is 0. The van der Waals surface area contributed by atoms with Crippen molar-refractivity contribution in [2.75, 3.05) is 12.4 Å². The quantitative estimate of drug-likeness (QED) is 0.823. The average Bonchev–Trinajstić information content (AvgIpc) is 2.89. The molecule has 0 saturated heterocycles. The summed E-state index contributed by atoms with van der Waals surface area (Å²) in [5.74, 6) is -0.509. The maximum atomic E-state index is 12.2. The van der Waals surface area contributed by atoms with Crippen LogP contribution in [0.2, 0.25) is 0 Å². The van der Waals surface area contributed by atoms with E-state index in [0.717, 1.165) is 15.8 Å². The minimum absolute atomic E-state index is 0.169. The first-order valence-corrected chi connectivity index (χ1v) is 10.0. The number of halogens is 1. The van der Waals surface area contributed by atoms with Crippen molar-refractivity contribution in [1.82, 2.24) is 5.32 Å². The molecular formula is C17H16BrNO4S. The van der Waals surface area contributed by atoms with Crippen molar-refractivity contribution < 1.29 is 17.9 Å². The van der Waals surface area contributed by atoms with Crippen molar-refractivity contribution in [1.29, 1.82) is 0 Å². The van der Waals surface area contributed by atoms with Gasteiger partial charge in [0.2, 0.25) is 5.91 Å². The average molecular weight is 410 g/mol. The number of ether oxygens (including phenoxy) is 1. The van der Waals surface area contributed by atoms with Gasteiger partial charge in [0.15, 0.2) is 9.84 Å². The van der Waals surface area contributed by atoms with Gasteiger partial charge in [-0.05, 0) is 23.8 Å². The fraction of sp³-hybridized carbons (Fsp3) is 0.235. The summed E-state index contributed by atoms with van der Waals surface area (Å²) in [5, 5.41) is 2.74. The normalized spacial score (nSPS) is 16.3. The molecule has 0 fully saturated rings. The lowest BCUT2D eigenvalue weighted by Crippen LogP contribution is -2.34. The van der Waals surface area contributed by atoms with Gasteiger partial charge in [-0.3, -0.25) is 4.79 Å². The minimum Gasteiger partial charge on any atom is -0.491 e. The molecule has 24 heavy (non-hydrogen) atoms. The minimum atomic E-state index is -3.54. The number of carbonyl (C=O) groups excluding carboxylic acids is 1. The van der Waals surface area contributed by atoms with Crippen molar-refractivity contribution in [3.05, 3.63) is 64.1 Å². The van der Waals surface area contributed by atoms with Crippen LogP contribution < -0.4 is 10.1 Å². The molecule has 2 aromatic rings. The molecule has 7 heteroatoms. The molecular weight excluding hydrogens is 394 g/mol. The van der Waals surface area contributed by atoms with Crippen LogP contribution in [0.5, 0.6) is 5.75 Å². The van der Waals surface area contributed by atoms with Crippen LogP contribution in [-0.4, -0.2) is 26.7 Å². The van der Waals surface area contributed by atoms with Crippen LogP contribution in [0.1, 0.15) is 17.2 Å². The zero-order chi connectivity index (χ0) is 17.2. The van der Waals surface area contributed by atoms with Crippen LogP contribution >= 0.6 is 15.9 Å². The summed E-state index contributed by atoms with van der Waals surface area (Å²) in [4.78, 5) is 12.1. The Morgan fingerprint density at radius 1 is 1.21 bits per heavy atom. The van der Waals surface area contributed by atoms with E-state index in [0.29, 0.717) is 12.2 Å². The van der Waals surface area contributed by atoms with Gasteiger partial charge in [-0.1, -0.05) is 46.3 Å². The van der Waals surface area contributed by atoms with Crippen molar-refractivity contribution in [2.45, 2.75) is 11.8 Å². The number of benzene rings is 2. The number of sulfone groups is 1. The van der Waals surface area contributed by atoms with Crippen LogP contribution in [0.15, 0.2) is 53.0 Å². The number of hydrogen-bond donors (Lipinski definition) is 1. The topological polar surface area (TPSA) is 72.5 Å². The molecule has 0 radical (unpaired) electrons. The van der Waals surface area contributed by atoms with Crippen LogP contribution in [0.25, 0.3) is 0 Å². The van der Waals surface area contributed by atoms with E-state index < -0.39 is 21.5 Å². The molecule has 0 aromatic heterocycles. The number of carbonyl (C=O) groups is 1. The number of amides is 1. The van der Waals surface area contributed by atoms with Gasteiger partial charge in [0.1, 0.15) is 18.1 Å². The predicted molar refractivity (Wildman–Crippen MR) is 94.5 cm³/mol. The number of nitrogens with one attached hydrogen (secondary N) is 1. The highest BCUT2D eigenvalue weighted by molar-refractivity contribution is 9.10. The summed E-state index contributed by atoms with van der Waals surface area (Å²) in [6.45, 7) is 0.316. The van der Waals surface area contributed by atoms with Gasteiger partial charge >= 0.3 is 0 Å². The molecule has 0 saturated carbocycles. The van der Waals surface area contributed by atoms with Crippen molar-refractivity contribution in [3.63, 3.8) is 0 Å². The van der Waals surface area contributed by atoms with E-state index in [1.165, 1.54) is 0 Å². The molecule has 2 aromatic carbocycles. The zero-order valence-corrected chi connectivity index (χ0v) is 15.1. The van der Waals surface area contributed by atoms with E-state index in [1.807, 2.05) is 30.3 Å². The predicted octanol–water partition coefficient (Wildman–Crippen LogP) is 2.61. The smallest absolute Gasteiger partial charge is 0.235 e. The van der Waals surface area contributed by atoms with Crippen molar-refractivity contribution in [3.8, 4) is 5.75 Å². The molecule has 0 unspecified atom stereocenters. The Morgan fingerprint density at radius 3 is 2.79 bits per heavy atom.